The summed E-state index contributed by atoms with van der Waals surface area (Å²) in [5.41, 5.74) is 4.52. The van der Waals surface area contributed by atoms with E-state index in [1.54, 1.807) is 12.1 Å². The van der Waals surface area contributed by atoms with Crippen molar-refractivity contribution in [1.82, 2.24) is 4.90 Å². The van der Waals surface area contributed by atoms with Gasteiger partial charge in [-0.25, -0.2) is 4.39 Å². The highest BCUT2D eigenvalue weighted by Gasteiger charge is 2.30. The van der Waals surface area contributed by atoms with E-state index in [4.69, 9.17) is 0 Å². The number of halogens is 1. The second kappa shape index (κ2) is 7.47. The molecule has 3 nitrogen and oxygen atoms in total. The molecule has 0 unspecified atom stereocenters. The minimum Gasteiger partial charge on any atom is -0.367 e. The number of rotatable bonds is 4. The molecule has 26 heavy (non-hydrogen) atoms. The maximum atomic E-state index is 13.0. The highest BCUT2D eigenvalue weighted by Crippen LogP contribution is 2.35. The first-order valence-electron chi connectivity index (χ1n) is 9.50. The maximum Gasteiger partial charge on any atom is 0.123 e. The fraction of sp³-hybridized carbons (Fsp3) is 0.409. The van der Waals surface area contributed by atoms with Gasteiger partial charge in [-0.15, -0.1) is 0 Å². The van der Waals surface area contributed by atoms with Crippen LogP contribution in [0.1, 0.15) is 29.5 Å². The van der Waals surface area contributed by atoms with Crippen LogP contribution in [0.3, 0.4) is 0 Å². The first-order valence-corrected chi connectivity index (χ1v) is 9.50. The molecule has 2 aromatic carbocycles. The van der Waals surface area contributed by atoms with Crippen molar-refractivity contribution in [2.75, 3.05) is 31.1 Å². The Hall–Kier alpha value is -2.38. The molecule has 0 spiro atoms. The number of hydrogen-bond acceptors (Lipinski definition) is 3. The summed E-state index contributed by atoms with van der Waals surface area (Å²) in [7, 11) is 0. The zero-order chi connectivity index (χ0) is 17.9. The van der Waals surface area contributed by atoms with E-state index in [1.165, 1.54) is 16.8 Å². The SMILES string of the molecule is N#Cc1cccc2c1N(C1CCN(CCc3ccc(F)cc3)CC1)CC2. The van der Waals surface area contributed by atoms with Crippen molar-refractivity contribution in [2.24, 2.45) is 0 Å². The fourth-order valence-corrected chi connectivity index (χ4v) is 4.33. The Morgan fingerprint density at radius 3 is 2.54 bits per heavy atom. The van der Waals surface area contributed by atoms with Crippen LogP contribution < -0.4 is 4.90 Å². The molecule has 0 N–H and O–H groups in total. The smallest absolute Gasteiger partial charge is 0.123 e. The summed E-state index contributed by atoms with van der Waals surface area (Å²) < 4.78 is 13.0. The standard InChI is InChI=1S/C22H24FN3/c23-20-6-4-17(5-7-20)8-12-25-13-10-21(11-14-25)26-15-9-18-2-1-3-19(16-24)22(18)26/h1-7,21H,8-15H2. The number of likely N-dealkylation sites (tertiary alicyclic amines) is 1. The zero-order valence-corrected chi connectivity index (χ0v) is 15.0. The molecule has 0 radical (unpaired) electrons. The van der Waals surface area contributed by atoms with Crippen LogP contribution in [0.25, 0.3) is 0 Å². The van der Waals surface area contributed by atoms with E-state index in [1.807, 2.05) is 24.3 Å². The molecule has 1 fully saturated rings. The first-order chi connectivity index (χ1) is 12.7. The van der Waals surface area contributed by atoms with E-state index < -0.39 is 0 Å². The molecule has 0 saturated carbocycles. The van der Waals surface area contributed by atoms with Gasteiger partial charge < -0.3 is 9.80 Å². The number of benzene rings is 2. The Kier molecular flexibility index (Phi) is 4.90. The van der Waals surface area contributed by atoms with Crippen LogP contribution in [0.2, 0.25) is 0 Å². The van der Waals surface area contributed by atoms with Gasteiger partial charge in [-0.3, -0.25) is 0 Å². The van der Waals surface area contributed by atoms with Gasteiger partial charge in [-0.2, -0.15) is 5.26 Å². The molecule has 0 amide bonds. The van der Waals surface area contributed by atoms with Gasteiger partial charge in [0.2, 0.25) is 0 Å². The second-order valence-corrected chi connectivity index (χ2v) is 7.32. The molecule has 0 aromatic heterocycles. The van der Waals surface area contributed by atoms with Crippen LogP contribution in [-0.2, 0) is 12.8 Å². The number of para-hydroxylation sites is 1. The van der Waals surface area contributed by atoms with E-state index in [2.05, 4.69) is 21.9 Å². The van der Waals surface area contributed by atoms with E-state index in [0.29, 0.717) is 6.04 Å². The Balaban J connectivity index is 1.34. The monoisotopic (exact) mass is 349 g/mol. The molecule has 134 valence electrons. The van der Waals surface area contributed by atoms with Crippen molar-refractivity contribution in [3.8, 4) is 6.07 Å². The van der Waals surface area contributed by atoms with E-state index in [0.717, 1.165) is 57.4 Å². The van der Waals surface area contributed by atoms with Gasteiger partial charge in [0, 0.05) is 32.2 Å². The minimum absolute atomic E-state index is 0.169. The maximum absolute atomic E-state index is 13.0. The predicted octanol–water partition coefficient (Wildman–Crippen LogP) is 3.77. The lowest BCUT2D eigenvalue weighted by molar-refractivity contribution is 0.212. The summed E-state index contributed by atoms with van der Waals surface area (Å²) in [6.45, 7) is 4.24. The number of anilines is 1. The molecule has 0 atom stereocenters. The lowest BCUT2D eigenvalue weighted by atomic mass is 10.0. The third-order valence-corrected chi connectivity index (χ3v) is 5.78. The molecule has 4 heteroatoms. The van der Waals surface area contributed by atoms with Crippen molar-refractivity contribution in [3.05, 3.63) is 65.0 Å². The summed E-state index contributed by atoms with van der Waals surface area (Å²) in [6, 6.07) is 15.8. The van der Waals surface area contributed by atoms with Crippen molar-refractivity contribution >= 4 is 5.69 Å². The van der Waals surface area contributed by atoms with Gasteiger partial charge in [0.15, 0.2) is 0 Å². The lowest BCUT2D eigenvalue weighted by Crippen LogP contribution is -2.45. The summed E-state index contributed by atoms with van der Waals surface area (Å²) in [4.78, 5) is 4.98. The van der Waals surface area contributed by atoms with Crippen molar-refractivity contribution in [1.29, 1.82) is 5.26 Å². The van der Waals surface area contributed by atoms with Crippen LogP contribution in [-0.4, -0.2) is 37.1 Å². The molecule has 1 saturated heterocycles. The molecule has 2 aliphatic rings. The Morgan fingerprint density at radius 2 is 1.81 bits per heavy atom. The molecule has 0 aliphatic carbocycles. The molecule has 2 aromatic rings. The van der Waals surface area contributed by atoms with Crippen molar-refractivity contribution in [2.45, 2.75) is 31.7 Å². The Bertz CT molecular complexity index is 801. The lowest BCUT2D eigenvalue weighted by Gasteiger charge is -2.38. The normalized spacial score (nSPS) is 17.9. The van der Waals surface area contributed by atoms with Crippen LogP contribution in [0.5, 0.6) is 0 Å². The van der Waals surface area contributed by atoms with Crippen molar-refractivity contribution < 1.29 is 4.39 Å². The first kappa shape index (κ1) is 17.1. The number of hydrogen-bond donors (Lipinski definition) is 0. The molecule has 2 heterocycles. The quantitative estimate of drug-likeness (QED) is 0.842. The Labute approximate surface area is 154 Å². The minimum atomic E-state index is -0.169. The highest BCUT2D eigenvalue weighted by atomic mass is 19.1. The average Bonchev–Trinajstić information content (AvgIpc) is 3.12. The number of piperidine rings is 1. The van der Waals surface area contributed by atoms with Gasteiger partial charge in [0.25, 0.3) is 0 Å². The summed E-state index contributed by atoms with van der Waals surface area (Å²) in [5.74, 6) is -0.169. The molecule has 4 rings (SSSR count). The summed E-state index contributed by atoms with van der Waals surface area (Å²) in [6.07, 6.45) is 4.30. The topological polar surface area (TPSA) is 30.3 Å². The van der Waals surface area contributed by atoms with Crippen LogP contribution in [0, 0.1) is 17.1 Å². The summed E-state index contributed by atoms with van der Waals surface area (Å²) in [5, 5.41) is 9.45. The fourth-order valence-electron chi connectivity index (χ4n) is 4.33. The van der Waals surface area contributed by atoms with Crippen LogP contribution in [0.15, 0.2) is 42.5 Å². The molecule has 0 bridgehead atoms. The van der Waals surface area contributed by atoms with E-state index >= 15 is 0 Å². The summed E-state index contributed by atoms with van der Waals surface area (Å²) >= 11 is 0. The predicted molar refractivity (Wildman–Crippen MR) is 102 cm³/mol. The van der Waals surface area contributed by atoms with Crippen molar-refractivity contribution in [3.63, 3.8) is 0 Å². The number of nitrogens with zero attached hydrogens (tertiary/aromatic N) is 3. The largest absolute Gasteiger partial charge is 0.367 e. The molecule has 2 aliphatic heterocycles. The van der Waals surface area contributed by atoms with Gasteiger partial charge in [-0.1, -0.05) is 24.3 Å². The number of fused-ring (bicyclic) bond motifs is 1. The van der Waals surface area contributed by atoms with Gasteiger partial charge >= 0.3 is 0 Å². The third kappa shape index (κ3) is 3.45. The third-order valence-electron chi connectivity index (χ3n) is 5.78. The van der Waals surface area contributed by atoms with E-state index in [-0.39, 0.29) is 5.82 Å². The highest BCUT2D eigenvalue weighted by molar-refractivity contribution is 5.67. The van der Waals surface area contributed by atoms with Gasteiger partial charge in [-0.05, 0) is 55.0 Å². The van der Waals surface area contributed by atoms with Gasteiger partial charge in [0.1, 0.15) is 11.9 Å². The van der Waals surface area contributed by atoms with Crippen LogP contribution >= 0.6 is 0 Å². The average molecular weight is 349 g/mol. The number of nitriles is 1. The van der Waals surface area contributed by atoms with Gasteiger partial charge in [0.05, 0.1) is 11.3 Å². The molecular weight excluding hydrogens is 325 g/mol. The zero-order valence-electron chi connectivity index (χ0n) is 15.0. The van der Waals surface area contributed by atoms with E-state index in [9.17, 15) is 9.65 Å². The Morgan fingerprint density at radius 1 is 1.04 bits per heavy atom. The molecular formula is C22H24FN3. The second-order valence-electron chi connectivity index (χ2n) is 7.32. The van der Waals surface area contributed by atoms with Crippen LogP contribution in [0.4, 0.5) is 10.1 Å².